The van der Waals surface area contributed by atoms with Crippen LogP contribution in [0.25, 0.3) is 10.8 Å². The summed E-state index contributed by atoms with van der Waals surface area (Å²) in [6, 6.07) is 15.4. The van der Waals surface area contributed by atoms with Crippen LogP contribution in [0.2, 0.25) is 0 Å². The molecule has 0 aliphatic carbocycles. The largest absolute Gasteiger partial charge is 0.312 e. The minimum atomic E-state index is 0.206. The van der Waals surface area contributed by atoms with Crippen LogP contribution in [0.5, 0.6) is 0 Å². The fourth-order valence-corrected chi connectivity index (χ4v) is 2.32. The van der Waals surface area contributed by atoms with Gasteiger partial charge in [0.2, 0.25) is 0 Å². The van der Waals surface area contributed by atoms with Crippen molar-refractivity contribution in [3.63, 3.8) is 0 Å². The van der Waals surface area contributed by atoms with Gasteiger partial charge >= 0.3 is 0 Å². The highest BCUT2D eigenvalue weighted by atomic mass is 14.9. The summed E-state index contributed by atoms with van der Waals surface area (Å²) in [4.78, 5) is 0. The molecule has 0 aliphatic rings. The highest BCUT2D eigenvalue weighted by Gasteiger charge is 2.11. The zero-order chi connectivity index (χ0) is 13.9. The van der Waals surface area contributed by atoms with Crippen molar-refractivity contribution < 1.29 is 0 Å². The number of rotatable bonds is 4. The van der Waals surface area contributed by atoms with Gasteiger partial charge in [0.15, 0.2) is 0 Å². The van der Waals surface area contributed by atoms with E-state index in [0.717, 1.165) is 13.0 Å². The average molecular weight is 255 g/mol. The molecule has 1 atom stereocenters. The van der Waals surface area contributed by atoms with Crippen LogP contribution in [-0.2, 0) is 6.42 Å². The molecule has 0 saturated carbocycles. The van der Waals surface area contributed by atoms with Crippen molar-refractivity contribution in [1.29, 1.82) is 0 Å². The van der Waals surface area contributed by atoms with Crippen molar-refractivity contribution >= 4 is 10.8 Å². The molecular formula is C18H25N. The zero-order valence-electron chi connectivity index (χ0n) is 12.5. The summed E-state index contributed by atoms with van der Waals surface area (Å²) in [7, 11) is 0. The van der Waals surface area contributed by atoms with E-state index in [-0.39, 0.29) is 5.54 Å². The van der Waals surface area contributed by atoms with E-state index in [1.54, 1.807) is 0 Å². The maximum absolute atomic E-state index is 3.58. The predicted octanol–water partition coefficient (Wildman–Crippen LogP) is 4.41. The second-order valence-electron chi connectivity index (χ2n) is 6.62. The van der Waals surface area contributed by atoms with E-state index in [1.165, 1.54) is 16.3 Å². The maximum Gasteiger partial charge on any atom is 0.00966 e. The Balaban J connectivity index is 2.00. The molecule has 0 aliphatic heterocycles. The van der Waals surface area contributed by atoms with Crippen LogP contribution in [0.1, 0.15) is 33.3 Å². The van der Waals surface area contributed by atoms with Gasteiger partial charge < -0.3 is 5.32 Å². The summed E-state index contributed by atoms with van der Waals surface area (Å²) in [5, 5.41) is 6.25. The first kappa shape index (κ1) is 14.1. The third-order valence-corrected chi connectivity index (χ3v) is 3.38. The monoisotopic (exact) mass is 255 g/mol. The van der Waals surface area contributed by atoms with Crippen LogP contribution in [-0.4, -0.2) is 12.1 Å². The molecule has 0 radical (unpaired) electrons. The number of fused-ring (bicyclic) bond motifs is 1. The molecule has 1 heteroatoms. The van der Waals surface area contributed by atoms with E-state index in [2.05, 4.69) is 75.5 Å². The molecule has 1 nitrogen and oxygen atoms in total. The lowest BCUT2D eigenvalue weighted by Crippen LogP contribution is -2.39. The van der Waals surface area contributed by atoms with Gasteiger partial charge in [0, 0.05) is 5.54 Å². The highest BCUT2D eigenvalue weighted by Crippen LogP contribution is 2.18. The molecule has 2 rings (SSSR count). The number of hydrogen-bond acceptors (Lipinski definition) is 1. The van der Waals surface area contributed by atoms with Gasteiger partial charge in [-0.15, -0.1) is 0 Å². The van der Waals surface area contributed by atoms with Gasteiger partial charge in [0.25, 0.3) is 0 Å². The second-order valence-corrected chi connectivity index (χ2v) is 6.62. The van der Waals surface area contributed by atoms with E-state index in [9.17, 15) is 0 Å². The Morgan fingerprint density at radius 1 is 1.00 bits per heavy atom. The lowest BCUT2D eigenvalue weighted by atomic mass is 9.97. The average Bonchev–Trinajstić information content (AvgIpc) is 2.35. The van der Waals surface area contributed by atoms with Crippen LogP contribution in [0.4, 0.5) is 0 Å². The Morgan fingerprint density at radius 2 is 1.68 bits per heavy atom. The summed E-state index contributed by atoms with van der Waals surface area (Å²) >= 11 is 0. The van der Waals surface area contributed by atoms with Gasteiger partial charge in [0.05, 0.1) is 0 Å². The molecule has 0 aromatic heterocycles. The lowest BCUT2D eigenvalue weighted by Gasteiger charge is -2.23. The van der Waals surface area contributed by atoms with Crippen molar-refractivity contribution in [3.8, 4) is 0 Å². The third kappa shape index (κ3) is 4.36. The van der Waals surface area contributed by atoms with Crippen molar-refractivity contribution in [1.82, 2.24) is 5.32 Å². The van der Waals surface area contributed by atoms with Gasteiger partial charge in [-0.2, -0.15) is 0 Å². The molecular weight excluding hydrogens is 230 g/mol. The van der Waals surface area contributed by atoms with Gasteiger partial charge in [-0.1, -0.05) is 49.4 Å². The first-order chi connectivity index (χ1) is 8.94. The van der Waals surface area contributed by atoms with Crippen LogP contribution < -0.4 is 5.32 Å². The van der Waals surface area contributed by atoms with Gasteiger partial charge in [-0.3, -0.25) is 0 Å². The summed E-state index contributed by atoms with van der Waals surface area (Å²) in [5.74, 6) is 0.653. The zero-order valence-corrected chi connectivity index (χ0v) is 12.5. The lowest BCUT2D eigenvalue weighted by molar-refractivity contribution is 0.381. The number of hydrogen-bond donors (Lipinski definition) is 1. The smallest absolute Gasteiger partial charge is 0.00966 e. The first-order valence-electron chi connectivity index (χ1n) is 7.17. The summed E-state index contributed by atoms with van der Waals surface area (Å²) in [5.41, 5.74) is 1.64. The number of nitrogens with one attached hydrogen (secondary N) is 1. The van der Waals surface area contributed by atoms with E-state index >= 15 is 0 Å². The summed E-state index contributed by atoms with van der Waals surface area (Å²) < 4.78 is 0. The van der Waals surface area contributed by atoms with Crippen LogP contribution >= 0.6 is 0 Å². The van der Waals surface area contributed by atoms with Gasteiger partial charge in [0.1, 0.15) is 0 Å². The highest BCUT2D eigenvalue weighted by molar-refractivity contribution is 5.82. The molecule has 2 aromatic carbocycles. The van der Waals surface area contributed by atoms with Gasteiger partial charge in [-0.25, -0.2) is 0 Å². The fourth-order valence-electron chi connectivity index (χ4n) is 2.32. The topological polar surface area (TPSA) is 12.0 Å². The van der Waals surface area contributed by atoms with Crippen molar-refractivity contribution in [2.24, 2.45) is 5.92 Å². The predicted molar refractivity (Wildman–Crippen MR) is 84.6 cm³/mol. The van der Waals surface area contributed by atoms with Crippen molar-refractivity contribution in [3.05, 3.63) is 48.0 Å². The first-order valence-corrected chi connectivity index (χ1v) is 7.17. The molecule has 19 heavy (non-hydrogen) atoms. The standard InChI is InChI=1S/C18H25N/c1-14(13-19-18(2,3)4)11-15-9-10-16-7-5-6-8-17(16)12-15/h5-10,12,14,19H,11,13H2,1-4H3. The molecule has 0 amide bonds. The van der Waals surface area contributed by atoms with E-state index < -0.39 is 0 Å². The van der Waals surface area contributed by atoms with Crippen LogP contribution in [0.15, 0.2) is 42.5 Å². The second kappa shape index (κ2) is 5.75. The quantitative estimate of drug-likeness (QED) is 0.853. The van der Waals surface area contributed by atoms with E-state index in [0.29, 0.717) is 5.92 Å². The van der Waals surface area contributed by atoms with E-state index in [4.69, 9.17) is 0 Å². The normalized spacial score (nSPS) is 13.7. The Labute approximate surface area is 117 Å². The minimum Gasteiger partial charge on any atom is -0.312 e. The molecule has 2 aromatic rings. The molecule has 1 N–H and O–H groups in total. The van der Waals surface area contributed by atoms with Crippen LogP contribution in [0, 0.1) is 5.92 Å². The van der Waals surface area contributed by atoms with E-state index in [1.807, 2.05) is 0 Å². The fraction of sp³-hybridized carbons (Fsp3) is 0.444. The van der Waals surface area contributed by atoms with Crippen molar-refractivity contribution in [2.45, 2.75) is 39.7 Å². The molecule has 102 valence electrons. The molecule has 1 unspecified atom stereocenters. The molecule has 0 bridgehead atoms. The summed E-state index contributed by atoms with van der Waals surface area (Å²) in [6.07, 6.45) is 1.13. The Morgan fingerprint density at radius 3 is 2.37 bits per heavy atom. The summed E-state index contributed by atoms with van der Waals surface area (Å²) in [6.45, 7) is 10.0. The SMILES string of the molecule is CC(CNC(C)(C)C)Cc1ccc2ccccc2c1. The Bertz CT molecular complexity index is 537. The minimum absolute atomic E-state index is 0.206. The van der Waals surface area contributed by atoms with Crippen LogP contribution in [0.3, 0.4) is 0 Å². The Kier molecular flexibility index (Phi) is 4.26. The maximum atomic E-state index is 3.58. The molecule has 0 saturated heterocycles. The third-order valence-electron chi connectivity index (χ3n) is 3.38. The molecule has 0 spiro atoms. The van der Waals surface area contributed by atoms with Gasteiger partial charge in [-0.05, 0) is 56.0 Å². The molecule has 0 fully saturated rings. The molecule has 0 heterocycles. The number of benzene rings is 2. The van der Waals surface area contributed by atoms with Crippen molar-refractivity contribution in [2.75, 3.05) is 6.54 Å². The Hall–Kier alpha value is -1.34.